The lowest BCUT2D eigenvalue weighted by atomic mass is 9.93. The fourth-order valence-corrected chi connectivity index (χ4v) is 3.48. The van der Waals surface area contributed by atoms with Crippen LogP contribution in [-0.2, 0) is 11.3 Å². The van der Waals surface area contributed by atoms with E-state index in [-0.39, 0.29) is 0 Å². The molecule has 1 aromatic rings. The molecule has 4 heteroatoms. The van der Waals surface area contributed by atoms with Crippen molar-refractivity contribution < 1.29 is 14.3 Å². The average molecular weight is 291 g/mol. The zero-order chi connectivity index (χ0) is 14.8. The summed E-state index contributed by atoms with van der Waals surface area (Å²) in [4.78, 5) is 13.1. The number of rotatable bonds is 6. The number of likely N-dealkylation sites (tertiary alicyclic amines) is 1. The summed E-state index contributed by atoms with van der Waals surface area (Å²) in [5, 5.41) is 8.80. The molecule has 1 aromatic heterocycles. The molecule has 3 rings (SSSR count). The Labute approximate surface area is 126 Å². The minimum Gasteiger partial charge on any atom is -0.481 e. The third-order valence-corrected chi connectivity index (χ3v) is 4.91. The monoisotopic (exact) mass is 291 g/mol. The lowest BCUT2D eigenvalue weighted by molar-refractivity contribution is -0.137. The van der Waals surface area contributed by atoms with Gasteiger partial charge in [0.05, 0.1) is 6.54 Å². The maximum atomic E-state index is 10.7. The Morgan fingerprint density at radius 3 is 3.00 bits per heavy atom. The summed E-state index contributed by atoms with van der Waals surface area (Å²) >= 11 is 0. The van der Waals surface area contributed by atoms with Crippen LogP contribution in [0.25, 0.3) is 0 Å². The molecule has 0 amide bonds. The molecule has 1 saturated carbocycles. The van der Waals surface area contributed by atoms with Crippen molar-refractivity contribution in [2.45, 2.75) is 51.5 Å². The van der Waals surface area contributed by atoms with E-state index >= 15 is 0 Å². The summed E-state index contributed by atoms with van der Waals surface area (Å²) < 4.78 is 5.98. The van der Waals surface area contributed by atoms with Gasteiger partial charge in [-0.2, -0.15) is 0 Å². The molecule has 1 saturated heterocycles. The van der Waals surface area contributed by atoms with E-state index in [0.717, 1.165) is 56.3 Å². The highest BCUT2D eigenvalue weighted by atomic mass is 16.4. The highest BCUT2D eigenvalue weighted by Gasteiger charge is 2.36. The Balaban J connectivity index is 1.50. The molecule has 2 aliphatic rings. The summed E-state index contributed by atoms with van der Waals surface area (Å²) in [7, 11) is 0. The van der Waals surface area contributed by atoms with E-state index in [1.165, 1.54) is 6.42 Å². The molecule has 21 heavy (non-hydrogen) atoms. The standard InChI is InChI=1S/C17H25NO3/c1-12-9-15(12)16-6-5-14(21-16)11-18-8-2-3-13(10-18)4-7-17(19)20/h5-6,12-13,15H,2-4,7-11H2,1H3,(H,19,20). The molecule has 0 aromatic carbocycles. The molecule has 116 valence electrons. The molecule has 1 N–H and O–H groups in total. The highest BCUT2D eigenvalue weighted by molar-refractivity contribution is 5.66. The minimum absolute atomic E-state index is 0.295. The van der Waals surface area contributed by atoms with Crippen LogP contribution in [0.4, 0.5) is 0 Å². The third-order valence-electron chi connectivity index (χ3n) is 4.91. The van der Waals surface area contributed by atoms with Gasteiger partial charge in [0.1, 0.15) is 11.5 Å². The smallest absolute Gasteiger partial charge is 0.303 e. The van der Waals surface area contributed by atoms with E-state index in [9.17, 15) is 4.79 Å². The van der Waals surface area contributed by atoms with Crippen molar-refractivity contribution in [2.24, 2.45) is 11.8 Å². The van der Waals surface area contributed by atoms with E-state index in [1.54, 1.807) is 0 Å². The van der Waals surface area contributed by atoms with E-state index in [0.29, 0.717) is 18.3 Å². The summed E-state index contributed by atoms with van der Waals surface area (Å²) in [5.74, 6) is 3.47. The van der Waals surface area contributed by atoms with Gasteiger partial charge < -0.3 is 9.52 Å². The predicted octanol–water partition coefficient (Wildman–Crippen LogP) is 3.48. The molecule has 3 unspecified atom stereocenters. The minimum atomic E-state index is -0.679. The van der Waals surface area contributed by atoms with Gasteiger partial charge in [-0.1, -0.05) is 6.92 Å². The molecular formula is C17H25NO3. The van der Waals surface area contributed by atoms with Gasteiger partial charge in [0, 0.05) is 18.9 Å². The molecule has 4 nitrogen and oxygen atoms in total. The lowest BCUT2D eigenvalue weighted by Gasteiger charge is -2.31. The van der Waals surface area contributed by atoms with Gasteiger partial charge in [-0.05, 0) is 56.2 Å². The lowest BCUT2D eigenvalue weighted by Crippen LogP contribution is -2.35. The summed E-state index contributed by atoms with van der Waals surface area (Å²) in [6.07, 6.45) is 4.68. The topological polar surface area (TPSA) is 53.7 Å². The molecule has 3 atom stereocenters. The van der Waals surface area contributed by atoms with Crippen LogP contribution in [0.15, 0.2) is 16.5 Å². The molecule has 0 spiro atoms. The number of hydrogen-bond acceptors (Lipinski definition) is 3. The van der Waals surface area contributed by atoms with Crippen LogP contribution in [0, 0.1) is 11.8 Å². The van der Waals surface area contributed by atoms with E-state index in [4.69, 9.17) is 9.52 Å². The number of hydrogen-bond donors (Lipinski definition) is 1. The van der Waals surface area contributed by atoms with Gasteiger partial charge in [0.2, 0.25) is 0 Å². The molecule has 2 fully saturated rings. The Morgan fingerprint density at radius 1 is 1.48 bits per heavy atom. The zero-order valence-electron chi connectivity index (χ0n) is 12.8. The van der Waals surface area contributed by atoms with E-state index in [1.807, 2.05) is 0 Å². The molecule has 1 aliphatic carbocycles. The third kappa shape index (κ3) is 3.88. The Morgan fingerprint density at radius 2 is 2.29 bits per heavy atom. The van der Waals surface area contributed by atoms with Crippen molar-refractivity contribution in [3.8, 4) is 0 Å². The highest BCUT2D eigenvalue weighted by Crippen LogP contribution is 2.47. The Kier molecular flexibility index (Phi) is 4.34. The summed E-state index contributed by atoms with van der Waals surface area (Å²) in [6.45, 7) is 5.23. The fraction of sp³-hybridized carbons (Fsp3) is 0.706. The molecule has 1 aliphatic heterocycles. The molecule has 2 heterocycles. The first-order valence-corrected chi connectivity index (χ1v) is 8.14. The van der Waals surface area contributed by atoms with Crippen molar-refractivity contribution in [3.63, 3.8) is 0 Å². The number of aliphatic carboxylic acids is 1. The molecule has 0 bridgehead atoms. The van der Waals surface area contributed by atoms with Crippen molar-refractivity contribution in [1.29, 1.82) is 0 Å². The average Bonchev–Trinajstić information content (AvgIpc) is 3.00. The first-order valence-electron chi connectivity index (χ1n) is 8.14. The second-order valence-electron chi connectivity index (χ2n) is 6.80. The number of piperidine rings is 1. The van der Waals surface area contributed by atoms with Crippen LogP contribution in [-0.4, -0.2) is 29.1 Å². The number of carboxylic acid groups (broad SMARTS) is 1. The van der Waals surface area contributed by atoms with Gasteiger partial charge >= 0.3 is 5.97 Å². The van der Waals surface area contributed by atoms with Gasteiger partial charge in [0.15, 0.2) is 0 Å². The van der Waals surface area contributed by atoms with Crippen molar-refractivity contribution >= 4 is 5.97 Å². The van der Waals surface area contributed by atoms with Crippen LogP contribution >= 0.6 is 0 Å². The van der Waals surface area contributed by atoms with Gasteiger partial charge in [-0.25, -0.2) is 0 Å². The Bertz CT molecular complexity index is 496. The maximum Gasteiger partial charge on any atom is 0.303 e. The van der Waals surface area contributed by atoms with Gasteiger partial charge in [-0.15, -0.1) is 0 Å². The zero-order valence-corrected chi connectivity index (χ0v) is 12.8. The molecular weight excluding hydrogens is 266 g/mol. The van der Waals surface area contributed by atoms with Crippen LogP contribution in [0.3, 0.4) is 0 Å². The summed E-state index contributed by atoms with van der Waals surface area (Å²) in [5.41, 5.74) is 0. The first-order chi connectivity index (χ1) is 10.1. The van der Waals surface area contributed by atoms with Crippen molar-refractivity contribution in [1.82, 2.24) is 4.90 Å². The summed E-state index contributed by atoms with van der Waals surface area (Å²) in [6, 6.07) is 4.25. The normalized spacial score (nSPS) is 29.5. The quantitative estimate of drug-likeness (QED) is 0.872. The number of nitrogens with zero attached hydrogens (tertiary/aromatic N) is 1. The number of furan rings is 1. The second-order valence-corrected chi connectivity index (χ2v) is 6.80. The van der Waals surface area contributed by atoms with Crippen LogP contribution in [0.1, 0.15) is 56.5 Å². The molecule has 0 radical (unpaired) electrons. The van der Waals surface area contributed by atoms with E-state index < -0.39 is 5.97 Å². The maximum absolute atomic E-state index is 10.7. The number of carboxylic acids is 1. The predicted molar refractivity (Wildman–Crippen MR) is 80.1 cm³/mol. The fourth-order valence-electron chi connectivity index (χ4n) is 3.48. The van der Waals surface area contributed by atoms with Crippen molar-refractivity contribution in [3.05, 3.63) is 23.7 Å². The van der Waals surface area contributed by atoms with Crippen LogP contribution in [0.2, 0.25) is 0 Å². The number of carbonyl (C=O) groups is 1. The van der Waals surface area contributed by atoms with Crippen LogP contribution < -0.4 is 0 Å². The Hall–Kier alpha value is -1.29. The SMILES string of the molecule is CC1CC1c1ccc(CN2CCCC(CCC(=O)O)C2)o1. The second kappa shape index (κ2) is 6.22. The van der Waals surface area contributed by atoms with Gasteiger partial charge in [-0.3, -0.25) is 9.69 Å². The largest absolute Gasteiger partial charge is 0.481 e. The van der Waals surface area contributed by atoms with Gasteiger partial charge in [0.25, 0.3) is 0 Å². The van der Waals surface area contributed by atoms with E-state index in [2.05, 4.69) is 24.0 Å². The first kappa shape index (κ1) is 14.6. The van der Waals surface area contributed by atoms with Crippen molar-refractivity contribution in [2.75, 3.05) is 13.1 Å². The van der Waals surface area contributed by atoms with Crippen LogP contribution in [0.5, 0.6) is 0 Å².